The number of thioether (sulfide) groups is 2. The maximum Gasteiger partial charge on any atom is 0.352 e. The normalized spacial score (nSPS) is 18.8. The minimum Gasteiger partial charge on any atom is -0.504 e. The van der Waals surface area contributed by atoms with Gasteiger partial charge in [-0.1, -0.05) is 34.3 Å². The molecule has 2 amide bonds. The van der Waals surface area contributed by atoms with Crippen LogP contribution in [0.4, 0.5) is 5.13 Å². The molecule has 1 fully saturated rings. The highest BCUT2D eigenvalue weighted by Crippen LogP contribution is 2.41. The molecule has 234 valence electrons. The summed E-state index contributed by atoms with van der Waals surface area (Å²) in [5.74, 6) is -5.36. The molecule has 0 spiro atoms. The van der Waals surface area contributed by atoms with Gasteiger partial charge in [-0.2, -0.15) is 0 Å². The number of nitrogens with one attached hydrogen (secondary N) is 1. The van der Waals surface area contributed by atoms with E-state index in [9.17, 15) is 39.6 Å². The van der Waals surface area contributed by atoms with Crippen LogP contribution in [0.1, 0.15) is 22.4 Å². The molecule has 4 heterocycles. The number of thiazole rings is 1. The number of benzene rings is 1. The van der Waals surface area contributed by atoms with Crippen molar-refractivity contribution in [3.63, 3.8) is 0 Å². The second kappa shape index (κ2) is 13.1. The fourth-order valence-corrected chi connectivity index (χ4v) is 7.58. The third kappa shape index (κ3) is 6.72. The Bertz CT molecular complexity index is 1790. The third-order valence-corrected chi connectivity index (χ3v) is 9.89. The van der Waals surface area contributed by atoms with Gasteiger partial charge in [-0.05, 0) is 36.1 Å². The minimum atomic E-state index is -1.81. The number of phenolic OH excluding ortho intramolecular Hbond substituents is 2. The second-order valence-corrected chi connectivity index (χ2v) is 13.5. The van der Waals surface area contributed by atoms with E-state index in [1.54, 1.807) is 11.5 Å². The molecule has 0 aliphatic carbocycles. The minimum absolute atomic E-state index is 0.0636. The number of hydrogen-bond donors (Lipinski definition) is 6. The number of carbonyl (C=O) groups excluding carboxylic acids is 2. The van der Waals surface area contributed by atoms with Crippen molar-refractivity contribution in [3.05, 3.63) is 62.6 Å². The molecule has 20 heteroatoms. The number of aliphatic carboxylic acids is 2. The van der Waals surface area contributed by atoms with Gasteiger partial charge in [0.05, 0.1) is 0 Å². The van der Waals surface area contributed by atoms with E-state index in [-0.39, 0.29) is 27.8 Å². The molecule has 2 aliphatic heterocycles. The van der Waals surface area contributed by atoms with Crippen molar-refractivity contribution in [2.24, 2.45) is 5.16 Å². The number of nitrogens with two attached hydrogens (primary N) is 1. The van der Waals surface area contributed by atoms with Gasteiger partial charge in [0.25, 0.3) is 11.8 Å². The highest BCUT2D eigenvalue weighted by molar-refractivity contribution is 8.03. The first-order valence-corrected chi connectivity index (χ1v) is 16.1. The van der Waals surface area contributed by atoms with Gasteiger partial charge >= 0.3 is 11.9 Å². The molecule has 2 aliphatic rings. The number of aromatic hydroxyl groups is 2. The molecular formula is C25H21N7O9S4. The van der Waals surface area contributed by atoms with E-state index in [2.05, 4.69) is 25.7 Å². The Kier molecular flexibility index (Phi) is 9.27. The van der Waals surface area contributed by atoms with Crippen LogP contribution in [0.3, 0.4) is 0 Å². The van der Waals surface area contributed by atoms with Crippen molar-refractivity contribution in [1.82, 2.24) is 25.4 Å². The van der Waals surface area contributed by atoms with Gasteiger partial charge in [0, 0.05) is 16.7 Å². The van der Waals surface area contributed by atoms with Crippen LogP contribution >= 0.6 is 46.2 Å². The van der Waals surface area contributed by atoms with Crippen molar-refractivity contribution in [1.29, 1.82) is 0 Å². The number of carbonyl (C=O) groups is 4. The quantitative estimate of drug-likeness (QED) is 0.0552. The largest absolute Gasteiger partial charge is 0.504 e. The highest BCUT2D eigenvalue weighted by Gasteiger charge is 2.54. The summed E-state index contributed by atoms with van der Waals surface area (Å²) in [6, 6.07) is 2.04. The lowest BCUT2D eigenvalue weighted by atomic mass is 10.0. The summed E-state index contributed by atoms with van der Waals surface area (Å²) in [4.78, 5) is 61.0. The zero-order valence-corrected chi connectivity index (χ0v) is 25.9. The zero-order chi connectivity index (χ0) is 32.4. The smallest absolute Gasteiger partial charge is 0.352 e. The Balaban J connectivity index is 1.35. The van der Waals surface area contributed by atoms with Gasteiger partial charge < -0.3 is 36.3 Å². The van der Waals surface area contributed by atoms with Gasteiger partial charge in [-0.25, -0.2) is 14.6 Å². The average molecular weight is 692 g/mol. The second-order valence-electron chi connectivity index (χ2n) is 9.13. The van der Waals surface area contributed by atoms with E-state index in [4.69, 9.17) is 10.6 Å². The molecule has 1 saturated heterocycles. The number of aryl methyl sites for hydroxylation is 1. The lowest BCUT2D eigenvalue weighted by molar-refractivity contribution is -0.151. The van der Waals surface area contributed by atoms with Crippen molar-refractivity contribution >= 4 is 80.8 Å². The number of anilines is 1. The van der Waals surface area contributed by atoms with Crippen LogP contribution in [0.15, 0.2) is 55.8 Å². The van der Waals surface area contributed by atoms with Crippen LogP contribution in [0, 0.1) is 6.92 Å². The topological polar surface area (TPSA) is 251 Å². The van der Waals surface area contributed by atoms with Crippen molar-refractivity contribution in [2.75, 3.05) is 11.5 Å². The SMILES string of the molecule is Cc1nnc(S/C=C/C2=C(C(=O)O)N3C(=O)[C@@H](NC(=O)/C(=N\O[C@@H](C(=O)O)c4ccc(O)c(O)c4)c4csc(N)n4)[C@@H]3SC2)s1. The van der Waals surface area contributed by atoms with E-state index in [0.29, 0.717) is 9.91 Å². The Morgan fingerprint density at radius 1 is 1.24 bits per heavy atom. The first-order valence-electron chi connectivity index (χ1n) is 12.5. The maximum atomic E-state index is 13.4. The fraction of sp³-hybridized carbons (Fsp3) is 0.200. The number of phenols is 2. The number of nitrogen functional groups attached to an aromatic ring is 1. The predicted octanol–water partition coefficient (Wildman–Crippen LogP) is 1.89. The number of nitrogens with zero attached hydrogens (tertiary/aromatic N) is 5. The van der Waals surface area contributed by atoms with Gasteiger partial charge in [0.1, 0.15) is 27.8 Å². The van der Waals surface area contributed by atoms with E-state index in [1.807, 2.05) is 6.92 Å². The maximum absolute atomic E-state index is 13.4. The number of hydrogen-bond acceptors (Lipinski definition) is 16. The summed E-state index contributed by atoms with van der Waals surface area (Å²) in [5, 5.41) is 56.2. The number of oxime groups is 1. The van der Waals surface area contributed by atoms with Crippen molar-refractivity contribution in [2.45, 2.75) is 28.8 Å². The van der Waals surface area contributed by atoms with Crippen LogP contribution in [0.5, 0.6) is 11.5 Å². The summed E-state index contributed by atoms with van der Waals surface area (Å²) in [7, 11) is 0. The molecule has 45 heavy (non-hydrogen) atoms. The number of allylic oxidation sites excluding steroid dienone is 1. The van der Waals surface area contributed by atoms with Crippen LogP contribution in [0.2, 0.25) is 0 Å². The molecule has 3 atom stereocenters. The van der Waals surface area contributed by atoms with Crippen molar-refractivity contribution < 1.29 is 44.4 Å². The van der Waals surface area contributed by atoms with E-state index < -0.39 is 58.5 Å². The molecule has 5 rings (SSSR count). The van der Waals surface area contributed by atoms with Crippen LogP contribution < -0.4 is 11.1 Å². The number of aromatic nitrogens is 3. The molecule has 3 aromatic rings. The van der Waals surface area contributed by atoms with E-state index in [0.717, 1.165) is 33.4 Å². The van der Waals surface area contributed by atoms with Crippen molar-refractivity contribution in [3.8, 4) is 11.5 Å². The first kappa shape index (κ1) is 31.8. The zero-order valence-electron chi connectivity index (χ0n) is 22.7. The molecule has 16 nitrogen and oxygen atoms in total. The Labute approximate surface area is 269 Å². The van der Waals surface area contributed by atoms with Gasteiger partial charge in [0.15, 0.2) is 26.7 Å². The lowest BCUT2D eigenvalue weighted by Gasteiger charge is -2.49. The highest BCUT2D eigenvalue weighted by atomic mass is 32.2. The first-order chi connectivity index (χ1) is 21.4. The molecule has 0 unspecified atom stereocenters. The standard InChI is InChI=1S/C25H21N7O9S4/c1-9-29-30-25(45-9)42-5-4-11-7-43-21-16(20(36)32(21)17(11)22(37)38)28-19(35)15(12-8-44-24(26)27-12)31-41-18(23(39)40)10-2-3-13(33)14(34)6-10/h2-6,8,16,18,21,33-34H,7H2,1H3,(H2,26,27)(H,28,35)(H,37,38)(H,39,40)/b5-4+,31-15-/t16-,18-,21+/m1/s1. The number of amides is 2. The van der Waals surface area contributed by atoms with Crippen LogP contribution in [-0.4, -0.2) is 87.1 Å². The Morgan fingerprint density at radius 3 is 2.64 bits per heavy atom. The third-order valence-electron chi connectivity index (χ3n) is 6.19. The number of carboxylic acid groups (broad SMARTS) is 2. The molecule has 0 radical (unpaired) electrons. The summed E-state index contributed by atoms with van der Waals surface area (Å²) >= 11 is 4.84. The fourth-order valence-electron chi connectivity index (χ4n) is 4.14. The number of carboxylic acids is 2. The Morgan fingerprint density at radius 2 is 2.02 bits per heavy atom. The summed E-state index contributed by atoms with van der Waals surface area (Å²) in [5.41, 5.74) is 5.21. The average Bonchev–Trinajstić information content (AvgIpc) is 3.62. The van der Waals surface area contributed by atoms with Gasteiger partial charge in [0.2, 0.25) is 6.10 Å². The number of rotatable bonds is 11. The Hall–Kier alpha value is -4.66. The summed E-state index contributed by atoms with van der Waals surface area (Å²) < 4.78 is 0.671. The summed E-state index contributed by atoms with van der Waals surface area (Å²) in [6.07, 6.45) is -0.219. The lowest BCUT2D eigenvalue weighted by Crippen LogP contribution is -2.71. The van der Waals surface area contributed by atoms with Gasteiger partial charge in [-0.15, -0.1) is 33.3 Å². The monoisotopic (exact) mass is 691 g/mol. The number of fused-ring (bicyclic) bond motifs is 1. The van der Waals surface area contributed by atoms with Crippen LogP contribution in [-0.2, 0) is 24.0 Å². The molecule has 1 aromatic carbocycles. The molecule has 2 aromatic heterocycles. The van der Waals surface area contributed by atoms with Crippen LogP contribution in [0.25, 0.3) is 0 Å². The predicted molar refractivity (Wildman–Crippen MR) is 164 cm³/mol. The number of β-lactam (4-membered cyclic amide) rings is 1. The molecule has 0 saturated carbocycles. The molecule has 0 bridgehead atoms. The summed E-state index contributed by atoms with van der Waals surface area (Å²) in [6.45, 7) is 1.81. The van der Waals surface area contributed by atoms with E-state index in [1.165, 1.54) is 46.3 Å². The molecule has 7 N–H and O–H groups in total. The van der Waals surface area contributed by atoms with E-state index >= 15 is 0 Å². The van der Waals surface area contributed by atoms with Gasteiger partial charge in [-0.3, -0.25) is 14.5 Å². The molecular weight excluding hydrogens is 671 g/mol.